The second-order valence-electron chi connectivity index (χ2n) is 4.12. The Morgan fingerprint density at radius 2 is 2.16 bits per heavy atom. The average Bonchev–Trinajstić information content (AvgIpc) is 2.75. The Labute approximate surface area is 110 Å². The minimum atomic E-state index is -0.544. The van der Waals surface area contributed by atoms with E-state index in [1.54, 1.807) is 32.9 Å². The van der Waals surface area contributed by atoms with Crippen LogP contribution in [0.3, 0.4) is 0 Å². The molecule has 2 aromatic rings. The molecule has 0 spiro atoms. The first-order valence-electron chi connectivity index (χ1n) is 5.94. The molecule has 1 aromatic heterocycles. The van der Waals surface area contributed by atoms with Crippen LogP contribution in [0.4, 0.5) is 4.39 Å². The fourth-order valence-corrected chi connectivity index (χ4v) is 1.68. The molecule has 0 amide bonds. The molecule has 4 nitrogen and oxygen atoms in total. The molecular weight excluding hydrogens is 249 g/mol. The Morgan fingerprint density at radius 3 is 2.79 bits per heavy atom. The van der Waals surface area contributed by atoms with E-state index in [9.17, 15) is 9.18 Å². The molecule has 0 aliphatic carbocycles. The van der Waals surface area contributed by atoms with Gasteiger partial charge in [-0.15, -0.1) is 0 Å². The van der Waals surface area contributed by atoms with Crippen molar-refractivity contribution < 1.29 is 18.3 Å². The second-order valence-corrected chi connectivity index (χ2v) is 4.12. The molecule has 1 aromatic carbocycles. The van der Waals surface area contributed by atoms with Crippen LogP contribution in [0.25, 0.3) is 11.5 Å². The minimum absolute atomic E-state index is 0.0822. The number of nitrogens with zero attached hydrogens (tertiary/aromatic N) is 1. The number of hydrogen-bond acceptors (Lipinski definition) is 4. The van der Waals surface area contributed by atoms with Crippen molar-refractivity contribution in [1.82, 2.24) is 4.98 Å². The molecule has 0 bridgehead atoms. The van der Waals surface area contributed by atoms with Gasteiger partial charge in [0.2, 0.25) is 11.7 Å². The van der Waals surface area contributed by atoms with Gasteiger partial charge in [0, 0.05) is 5.56 Å². The summed E-state index contributed by atoms with van der Waals surface area (Å²) in [5, 5.41) is 0. The van der Waals surface area contributed by atoms with Crippen molar-refractivity contribution in [2.45, 2.75) is 20.8 Å². The van der Waals surface area contributed by atoms with E-state index in [1.807, 2.05) is 0 Å². The first-order chi connectivity index (χ1) is 9.02. The minimum Gasteiger partial charge on any atom is -0.460 e. The summed E-state index contributed by atoms with van der Waals surface area (Å²) >= 11 is 0. The van der Waals surface area contributed by atoms with Gasteiger partial charge >= 0.3 is 5.97 Å². The maximum atomic E-state index is 13.2. The van der Waals surface area contributed by atoms with Crippen molar-refractivity contribution in [1.29, 1.82) is 0 Å². The van der Waals surface area contributed by atoms with E-state index in [4.69, 9.17) is 9.15 Å². The Hall–Kier alpha value is -2.17. The predicted molar refractivity (Wildman–Crippen MR) is 67.3 cm³/mol. The van der Waals surface area contributed by atoms with Crippen molar-refractivity contribution in [3.05, 3.63) is 41.0 Å². The summed E-state index contributed by atoms with van der Waals surface area (Å²) in [6, 6.07) is 4.52. The summed E-state index contributed by atoms with van der Waals surface area (Å²) in [6.07, 6.45) is 0. The maximum absolute atomic E-state index is 13.2. The summed E-state index contributed by atoms with van der Waals surface area (Å²) in [5.41, 5.74) is 1.57. The molecule has 0 saturated carbocycles. The van der Waals surface area contributed by atoms with E-state index in [1.165, 1.54) is 6.07 Å². The Kier molecular flexibility index (Phi) is 3.64. The zero-order valence-corrected chi connectivity index (χ0v) is 11.0. The van der Waals surface area contributed by atoms with Crippen molar-refractivity contribution in [3.63, 3.8) is 0 Å². The number of carbonyl (C=O) groups excluding carboxylic acids is 1. The summed E-state index contributed by atoms with van der Waals surface area (Å²) in [6.45, 7) is 5.30. The van der Waals surface area contributed by atoms with Crippen LogP contribution in [0.15, 0.2) is 22.6 Å². The van der Waals surface area contributed by atoms with E-state index in [2.05, 4.69) is 4.98 Å². The fourth-order valence-electron chi connectivity index (χ4n) is 1.68. The van der Waals surface area contributed by atoms with Crippen LogP contribution in [0.5, 0.6) is 0 Å². The van der Waals surface area contributed by atoms with Gasteiger partial charge < -0.3 is 9.15 Å². The van der Waals surface area contributed by atoms with Gasteiger partial charge in [-0.05, 0) is 44.5 Å². The molecule has 0 radical (unpaired) electrons. The molecule has 1 heterocycles. The number of aryl methyl sites for hydroxylation is 2. The maximum Gasteiger partial charge on any atom is 0.376 e. The topological polar surface area (TPSA) is 52.3 Å². The normalized spacial score (nSPS) is 10.5. The van der Waals surface area contributed by atoms with Crippen LogP contribution < -0.4 is 0 Å². The van der Waals surface area contributed by atoms with Gasteiger partial charge in [-0.2, -0.15) is 0 Å². The number of benzene rings is 1. The van der Waals surface area contributed by atoms with Gasteiger partial charge in [0.05, 0.1) is 12.3 Å². The van der Waals surface area contributed by atoms with Crippen LogP contribution in [-0.4, -0.2) is 17.6 Å². The highest BCUT2D eigenvalue weighted by atomic mass is 19.1. The Balaban J connectivity index is 2.38. The molecule has 0 aliphatic rings. The molecule has 0 atom stereocenters. The van der Waals surface area contributed by atoms with Gasteiger partial charge in [0.1, 0.15) is 5.82 Å². The quantitative estimate of drug-likeness (QED) is 0.797. The molecule has 100 valence electrons. The Bertz CT molecular complexity index is 619. The first kappa shape index (κ1) is 13.3. The number of esters is 1. The van der Waals surface area contributed by atoms with Gasteiger partial charge in [0.25, 0.3) is 0 Å². The van der Waals surface area contributed by atoms with Gasteiger partial charge in [-0.3, -0.25) is 0 Å². The second kappa shape index (κ2) is 5.22. The third-order valence-corrected chi connectivity index (χ3v) is 2.66. The smallest absolute Gasteiger partial charge is 0.376 e. The van der Waals surface area contributed by atoms with Crippen LogP contribution in [-0.2, 0) is 4.74 Å². The number of ether oxygens (including phenoxy) is 1. The number of oxazole rings is 1. The third-order valence-electron chi connectivity index (χ3n) is 2.66. The number of halogens is 1. The van der Waals surface area contributed by atoms with E-state index in [0.29, 0.717) is 16.8 Å². The van der Waals surface area contributed by atoms with Gasteiger partial charge in [0.15, 0.2) is 0 Å². The van der Waals surface area contributed by atoms with Gasteiger partial charge in [-0.25, -0.2) is 14.2 Å². The molecule has 19 heavy (non-hydrogen) atoms. The monoisotopic (exact) mass is 263 g/mol. The summed E-state index contributed by atoms with van der Waals surface area (Å²) < 4.78 is 23.5. The Morgan fingerprint density at radius 1 is 1.42 bits per heavy atom. The molecule has 0 unspecified atom stereocenters. The van der Waals surface area contributed by atoms with E-state index in [-0.39, 0.29) is 24.1 Å². The number of rotatable bonds is 3. The molecule has 0 N–H and O–H groups in total. The van der Waals surface area contributed by atoms with E-state index >= 15 is 0 Å². The number of aromatic nitrogens is 1. The van der Waals surface area contributed by atoms with Gasteiger partial charge in [-0.1, -0.05) is 0 Å². The number of hydrogen-bond donors (Lipinski definition) is 0. The standard InChI is InChI=1S/C14H14FNO3/c1-4-18-14(17)12-9(3)16-13(19-12)10-5-6-11(15)8(2)7-10/h5-7H,4H2,1-3H3. The summed E-state index contributed by atoms with van der Waals surface area (Å²) in [7, 11) is 0. The van der Waals surface area contributed by atoms with Crippen molar-refractivity contribution in [2.75, 3.05) is 6.61 Å². The fraction of sp³-hybridized carbons (Fsp3) is 0.286. The number of carbonyl (C=O) groups is 1. The lowest BCUT2D eigenvalue weighted by atomic mass is 10.1. The SMILES string of the molecule is CCOC(=O)c1oc(-c2ccc(F)c(C)c2)nc1C. The molecule has 5 heteroatoms. The van der Waals surface area contributed by atoms with Crippen LogP contribution >= 0.6 is 0 Å². The molecule has 0 aliphatic heterocycles. The zero-order chi connectivity index (χ0) is 14.0. The van der Waals surface area contributed by atoms with Crippen molar-refractivity contribution in [2.24, 2.45) is 0 Å². The average molecular weight is 263 g/mol. The predicted octanol–water partition coefficient (Wildman–Crippen LogP) is 3.27. The highest BCUT2D eigenvalue weighted by molar-refractivity contribution is 5.87. The van der Waals surface area contributed by atoms with Crippen molar-refractivity contribution in [3.8, 4) is 11.5 Å². The van der Waals surface area contributed by atoms with Crippen LogP contribution in [0.1, 0.15) is 28.7 Å². The lowest BCUT2D eigenvalue weighted by molar-refractivity contribution is 0.0490. The third kappa shape index (κ3) is 2.65. The molecule has 0 saturated heterocycles. The first-order valence-corrected chi connectivity index (χ1v) is 5.94. The highest BCUT2D eigenvalue weighted by Crippen LogP contribution is 2.24. The van der Waals surface area contributed by atoms with E-state index in [0.717, 1.165) is 0 Å². The molecule has 2 rings (SSSR count). The molecule has 0 fully saturated rings. The van der Waals surface area contributed by atoms with Crippen molar-refractivity contribution >= 4 is 5.97 Å². The summed E-state index contributed by atoms with van der Waals surface area (Å²) in [4.78, 5) is 15.8. The largest absolute Gasteiger partial charge is 0.460 e. The van der Waals surface area contributed by atoms with Crippen LogP contribution in [0, 0.1) is 19.7 Å². The zero-order valence-electron chi connectivity index (χ0n) is 11.0. The highest BCUT2D eigenvalue weighted by Gasteiger charge is 2.19. The molecular formula is C14H14FNO3. The van der Waals surface area contributed by atoms with E-state index < -0.39 is 5.97 Å². The van der Waals surface area contributed by atoms with Crippen LogP contribution in [0.2, 0.25) is 0 Å². The lowest BCUT2D eigenvalue weighted by Crippen LogP contribution is -2.04. The summed E-state index contributed by atoms with van der Waals surface area (Å²) in [5.74, 6) is -0.474. The lowest BCUT2D eigenvalue weighted by Gasteiger charge is -1.99.